The van der Waals surface area contributed by atoms with E-state index < -0.39 is 16.3 Å². The monoisotopic (exact) mass is 574 g/mol. The fourth-order valence-electron chi connectivity index (χ4n) is 6.83. The van der Waals surface area contributed by atoms with Gasteiger partial charge in [-0.2, -0.15) is 10.2 Å². The van der Waals surface area contributed by atoms with Crippen molar-refractivity contribution in [2.75, 3.05) is 29.5 Å². The maximum absolute atomic E-state index is 14.5. The van der Waals surface area contributed by atoms with E-state index >= 15 is 0 Å². The van der Waals surface area contributed by atoms with Crippen LogP contribution in [-0.4, -0.2) is 75.8 Å². The molecule has 2 fully saturated rings. The van der Waals surface area contributed by atoms with E-state index in [-0.39, 0.29) is 41.0 Å². The number of sulfone groups is 1. The number of nitrogens with zero attached hydrogens (tertiary/aromatic N) is 6. The van der Waals surface area contributed by atoms with Crippen LogP contribution in [-0.2, 0) is 34.6 Å². The Labute approximate surface area is 233 Å². The molecule has 3 aliphatic heterocycles. The molecular weight excluding hydrogens is 538 g/mol. The van der Waals surface area contributed by atoms with Crippen LogP contribution < -0.4 is 4.90 Å². The van der Waals surface area contributed by atoms with Crippen LogP contribution in [0.4, 0.5) is 14.6 Å². The third kappa shape index (κ3) is 4.67. The molecule has 0 bridgehead atoms. The van der Waals surface area contributed by atoms with Gasteiger partial charge < -0.3 is 9.80 Å². The molecule has 0 saturated carbocycles. The minimum Gasteiger partial charge on any atom is -0.348 e. The predicted molar refractivity (Wildman–Crippen MR) is 148 cm³/mol. The first-order valence-electron chi connectivity index (χ1n) is 14.1. The van der Waals surface area contributed by atoms with Crippen LogP contribution in [0.1, 0.15) is 61.2 Å². The van der Waals surface area contributed by atoms with Crippen molar-refractivity contribution in [3.63, 3.8) is 0 Å². The van der Waals surface area contributed by atoms with E-state index in [2.05, 4.69) is 10.00 Å². The lowest BCUT2D eigenvalue weighted by molar-refractivity contribution is -0.129. The smallest absolute Gasteiger partial charge is 0.264 e. The molecule has 2 unspecified atom stereocenters. The largest absolute Gasteiger partial charge is 0.348 e. The first-order chi connectivity index (χ1) is 19.0. The SMILES string of the molecule is CC(=O)N1CCc2c(c(N3CCCC4C=C(c5cnn(C)c5C)C(C(F)F)=CC43)nn2C2CCS(=O)(=O)CC2)C1. The van der Waals surface area contributed by atoms with E-state index in [1.54, 1.807) is 28.8 Å². The lowest BCUT2D eigenvalue weighted by atomic mass is 9.79. The number of alkyl halides is 2. The second-order valence-electron chi connectivity index (χ2n) is 11.5. The van der Waals surface area contributed by atoms with Gasteiger partial charge in [-0.15, -0.1) is 0 Å². The Morgan fingerprint density at radius 1 is 1.12 bits per heavy atom. The van der Waals surface area contributed by atoms with Crippen LogP contribution in [0.25, 0.3) is 5.57 Å². The molecule has 0 aromatic carbocycles. The van der Waals surface area contributed by atoms with Gasteiger partial charge in [0.25, 0.3) is 6.43 Å². The Kier molecular flexibility index (Phi) is 6.87. The quantitative estimate of drug-likeness (QED) is 0.556. The van der Waals surface area contributed by atoms with Crippen molar-refractivity contribution in [3.05, 3.63) is 46.4 Å². The number of carbonyl (C=O) groups is 1. The molecule has 12 heteroatoms. The Morgan fingerprint density at radius 2 is 1.88 bits per heavy atom. The molecule has 9 nitrogen and oxygen atoms in total. The van der Waals surface area contributed by atoms with Gasteiger partial charge in [-0.25, -0.2) is 17.2 Å². The van der Waals surface area contributed by atoms with Gasteiger partial charge in [-0.1, -0.05) is 12.2 Å². The molecule has 5 heterocycles. The fraction of sp³-hybridized carbons (Fsp3) is 0.607. The van der Waals surface area contributed by atoms with Gasteiger partial charge in [0, 0.05) is 67.5 Å². The topological polar surface area (TPSA) is 93.3 Å². The van der Waals surface area contributed by atoms with Crippen molar-refractivity contribution < 1.29 is 22.0 Å². The number of halogens is 2. The van der Waals surface area contributed by atoms with E-state index in [1.807, 2.05) is 24.7 Å². The number of anilines is 1. The average molecular weight is 575 g/mol. The summed E-state index contributed by atoms with van der Waals surface area (Å²) in [5.41, 5.74) is 4.14. The van der Waals surface area contributed by atoms with Gasteiger partial charge in [0.05, 0.1) is 36.3 Å². The molecule has 0 radical (unpaired) electrons. The van der Waals surface area contributed by atoms with Crippen LogP contribution in [0.2, 0.25) is 0 Å². The van der Waals surface area contributed by atoms with Gasteiger partial charge in [0.15, 0.2) is 5.82 Å². The summed E-state index contributed by atoms with van der Waals surface area (Å²) in [5.74, 6) is 1.03. The summed E-state index contributed by atoms with van der Waals surface area (Å²) in [6.45, 7) is 5.12. The summed E-state index contributed by atoms with van der Waals surface area (Å²) < 4.78 is 57.0. The number of amides is 1. The zero-order valence-electron chi connectivity index (χ0n) is 23.2. The van der Waals surface area contributed by atoms with Crippen molar-refractivity contribution >= 4 is 27.1 Å². The first kappa shape index (κ1) is 27.2. The molecule has 2 aromatic heterocycles. The van der Waals surface area contributed by atoms with Crippen LogP contribution in [0.3, 0.4) is 0 Å². The Bertz CT molecular complexity index is 1490. The molecule has 2 atom stereocenters. The summed E-state index contributed by atoms with van der Waals surface area (Å²) >= 11 is 0. The van der Waals surface area contributed by atoms with Crippen molar-refractivity contribution in [2.24, 2.45) is 13.0 Å². The average Bonchev–Trinajstić information content (AvgIpc) is 3.46. The molecule has 0 N–H and O–H groups in total. The molecule has 2 saturated heterocycles. The molecule has 1 amide bonds. The maximum Gasteiger partial charge on any atom is 0.264 e. The van der Waals surface area contributed by atoms with Gasteiger partial charge in [-0.05, 0) is 38.2 Å². The molecular formula is C28H36F2N6O3S. The highest BCUT2D eigenvalue weighted by molar-refractivity contribution is 7.91. The minimum absolute atomic E-state index is 0.0124. The molecule has 0 spiro atoms. The van der Waals surface area contributed by atoms with E-state index in [9.17, 15) is 22.0 Å². The number of piperidine rings is 1. The third-order valence-corrected chi connectivity index (χ3v) is 10.9. The van der Waals surface area contributed by atoms with Gasteiger partial charge in [0.1, 0.15) is 9.84 Å². The first-order valence-corrected chi connectivity index (χ1v) is 15.9. The van der Waals surface area contributed by atoms with Gasteiger partial charge >= 0.3 is 0 Å². The third-order valence-electron chi connectivity index (χ3n) is 9.19. The van der Waals surface area contributed by atoms with Crippen LogP contribution in [0, 0.1) is 12.8 Å². The van der Waals surface area contributed by atoms with E-state index in [1.165, 1.54) is 0 Å². The normalized spacial score (nSPS) is 24.9. The molecule has 4 aliphatic rings. The Balaban J connectivity index is 1.41. The summed E-state index contributed by atoms with van der Waals surface area (Å²) in [6, 6.07) is -0.320. The molecule has 6 rings (SSSR count). The number of hydrogen-bond donors (Lipinski definition) is 0. The summed E-state index contributed by atoms with van der Waals surface area (Å²) in [6.07, 6.45) is 6.15. The molecule has 2 aromatic rings. The second kappa shape index (κ2) is 10.1. The number of aromatic nitrogens is 4. The number of rotatable bonds is 4. The highest BCUT2D eigenvalue weighted by Crippen LogP contribution is 2.43. The summed E-state index contributed by atoms with van der Waals surface area (Å²) in [4.78, 5) is 16.3. The Morgan fingerprint density at radius 3 is 2.52 bits per heavy atom. The predicted octanol–water partition coefficient (Wildman–Crippen LogP) is 3.45. The van der Waals surface area contributed by atoms with E-state index in [4.69, 9.17) is 5.10 Å². The number of fused-ring (bicyclic) bond motifs is 2. The number of carbonyl (C=O) groups excluding carboxylic acids is 1. The summed E-state index contributed by atoms with van der Waals surface area (Å²) in [7, 11) is -1.22. The number of allylic oxidation sites excluding steroid dienone is 2. The van der Waals surface area contributed by atoms with Crippen molar-refractivity contribution in [3.8, 4) is 0 Å². The van der Waals surface area contributed by atoms with Crippen LogP contribution >= 0.6 is 0 Å². The summed E-state index contributed by atoms with van der Waals surface area (Å²) in [5, 5.41) is 9.38. The molecule has 216 valence electrons. The van der Waals surface area contributed by atoms with Crippen LogP contribution in [0.5, 0.6) is 0 Å². The lowest BCUT2D eigenvalue weighted by Gasteiger charge is -2.42. The molecule has 40 heavy (non-hydrogen) atoms. The lowest BCUT2D eigenvalue weighted by Crippen LogP contribution is -2.46. The highest BCUT2D eigenvalue weighted by atomic mass is 32.2. The second-order valence-corrected chi connectivity index (χ2v) is 13.8. The van der Waals surface area contributed by atoms with E-state index in [0.717, 1.165) is 41.2 Å². The zero-order chi connectivity index (χ0) is 28.3. The maximum atomic E-state index is 14.5. The highest BCUT2D eigenvalue weighted by Gasteiger charge is 2.40. The molecule has 1 aliphatic carbocycles. The minimum atomic E-state index is -3.03. The van der Waals surface area contributed by atoms with Crippen molar-refractivity contribution in [1.29, 1.82) is 0 Å². The fourth-order valence-corrected chi connectivity index (χ4v) is 8.29. The van der Waals surface area contributed by atoms with Crippen molar-refractivity contribution in [2.45, 2.75) is 71.0 Å². The van der Waals surface area contributed by atoms with Crippen molar-refractivity contribution in [1.82, 2.24) is 24.5 Å². The van der Waals surface area contributed by atoms with E-state index in [0.29, 0.717) is 44.5 Å². The standard InChI is InChI=1S/C28H36F2N6O3S/c1-17-23(15-31-33(17)3)21-13-19-5-4-9-35(26(19)14-22(21)27(29)30)28-24-16-34(18(2)37)10-6-25(24)36(32-28)20-7-11-40(38,39)12-8-20/h13-15,19-20,26-27H,4-12,16H2,1-3H3. The number of aryl methyl sites for hydroxylation is 1. The number of hydrogen-bond acceptors (Lipinski definition) is 6. The van der Waals surface area contributed by atoms with Crippen LogP contribution in [0.15, 0.2) is 23.9 Å². The van der Waals surface area contributed by atoms with Gasteiger partial charge in [-0.3, -0.25) is 14.2 Å². The van der Waals surface area contributed by atoms with Gasteiger partial charge in [0.2, 0.25) is 5.91 Å². The zero-order valence-corrected chi connectivity index (χ0v) is 24.0. The Hall–Kier alpha value is -3.02.